The maximum absolute atomic E-state index is 13.8. The van der Waals surface area contributed by atoms with E-state index in [0.29, 0.717) is 13.0 Å². The molecule has 1 heterocycles. The molecule has 0 bridgehead atoms. The molecule has 0 radical (unpaired) electrons. The third-order valence-electron chi connectivity index (χ3n) is 7.22. The third kappa shape index (κ3) is 6.56. The van der Waals surface area contributed by atoms with E-state index in [9.17, 15) is 29.1 Å². The number of carboxylic acid groups (broad SMARTS) is 1. The Labute approximate surface area is 213 Å². The second kappa shape index (κ2) is 10.4. The van der Waals surface area contributed by atoms with Gasteiger partial charge in [-0.15, -0.1) is 0 Å². The van der Waals surface area contributed by atoms with Gasteiger partial charge >= 0.3 is 12.1 Å². The molecule has 5 atom stereocenters. The van der Waals surface area contributed by atoms with Gasteiger partial charge in [0, 0.05) is 6.54 Å². The van der Waals surface area contributed by atoms with Crippen LogP contribution in [0.2, 0.25) is 0 Å². The number of nitrogens with one attached hydrogen (secondary N) is 2. The van der Waals surface area contributed by atoms with E-state index in [1.54, 1.807) is 20.8 Å². The van der Waals surface area contributed by atoms with Crippen molar-refractivity contribution in [1.82, 2.24) is 15.5 Å². The van der Waals surface area contributed by atoms with Crippen molar-refractivity contribution in [3.8, 4) is 0 Å². The second-order valence-corrected chi connectivity index (χ2v) is 12.7. The van der Waals surface area contributed by atoms with Gasteiger partial charge < -0.3 is 25.4 Å². The molecule has 1 saturated carbocycles. The van der Waals surface area contributed by atoms with Crippen molar-refractivity contribution in [2.75, 3.05) is 6.54 Å². The number of hydrogen-bond donors (Lipinski definition) is 3. The number of amides is 3. The number of alkyl carbamates (subject to hydrolysis) is 1. The standard InChI is InChI=1S/C26H43N3O7/c1-10-11-12-15(18(30)22(33)34)27-20(31)17-16-14(26(16,8)9)13-29(17)21(32)19(24(2,3)4)28-23(35)36-25(5,6)7/h14-17,19H,10-13H2,1-9H3,(H,27,31)(H,28,35)(H,33,34). The van der Waals surface area contributed by atoms with Crippen molar-refractivity contribution in [2.45, 2.75) is 105 Å². The molecule has 5 unspecified atom stereocenters. The molecule has 10 heteroatoms. The maximum Gasteiger partial charge on any atom is 0.408 e. The molecular formula is C26H43N3O7. The van der Waals surface area contributed by atoms with E-state index >= 15 is 0 Å². The number of ketones is 1. The first-order valence-corrected chi connectivity index (χ1v) is 12.7. The molecule has 3 amide bonds. The number of carbonyl (C=O) groups is 5. The van der Waals surface area contributed by atoms with Crippen molar-refractivity contribution in [1.29, 1.82) is 0 Å². The molecule has 1 aliphatic carbocycles. The van der Waals surface area contributed by atoms with E-state index < -0.39 is 58.8 Å². The summed E-state index contributed by atoms with van der Waals surface area (Å²) in [5, 5.41) is 14.5. The number of fused-ring (bicyclic) bond motifs is 1. The first kappa shape index (κ1) is 29.6. The van der Waals surface area contributed by atoms with Crippen LogP contribution in [0.3, 0.4) is 0 Å². The number of nitrogens with zero attached hydrogens (tertiary/aromatic N) is 1. The lowest BCUT2D eigenvalue weighted by Gasteiger charge is -2.38. The molecule has 0 aromatic heterocycles. The van der Waals surface area contributed by atoms with Crippen LogP contribution >= 0.6 is 0 Å². The monoisotopic (exact) mass is 509 g/mol. The fourth-order valence-electron chi connectivity index (χ4n) is 5.14. The lowest BCUT2D eigenvalue weighted by Crippen LogP contribution is -2.60. The Hall–Kier alpha value is -2.65. The Bertz CT molecular complexity index is 900. The maximum atomic E-state index is 13.8. The summed E-state index contributed by atoms with van der Waals surface area (Å²) in [4.78, 5) is 64.9. The van der Waals surface area contributed by atoms with Crippen molar-refractivity contribution in [2.24, 2.45) is 22.7 Å². The lowest BCUT2D eigenvalue weighted by molar-refractivity contribution is -0.151. The highest BCUT2D eigenvalue weighted by Gasteiger charge is 2.69. The largest absolute Gasteiger partial charge is 0.475 e. The highest BCUT2D eigenvalue weighted by atomic mass is 16.6. The number of ether oxygens (including phenoxy) is 1. The molecule has 0 aromatic carbocycles. The van der Waals surface area contributed by atoms with Gasteiger partial charge in [0.25, 0.3) is 5.78 Å². The molecule has 2 aliphatic rings. The number of aliphatic carboxylic acids is 1. The number of hydrogen-bond acceptors (Lipinski definition) is 6. The molecule has 1 saturated heterocycles. The van der Waals surface area contributed by atoms with Gasteiger partial charge in [0.1, 0.15) is 17.7 Å². The molecule has 0 spiro atoms. The van der Waals surface area contributed by atoms with E-state index in [2.05, 4.69) is 10.6 Å². The van der Waals surface area contributed by atoms with Crippen LogP contribution in [0.25, 0.3) is 0 Å². The van der Waals surface area contributed by atoms with Gasteiger partial charge in [-0.3, -0.25) is 14.4 Å². The normalized spacial score (nSPS) is 24.2. The van der Waals surface area contributed by atoms with Crippen molar-refractivity contribution in [3.05, 3.63) is 0 Å². The van der Waals surface area contributed by atoms with Gasteiger partial charge in [0.2, 0.25) is 11.8 Å². The van der Waals surface area contributed by atoms with E-state index in [1.807, 2.05) is 41.5 Å². The Morgan fingerprint density at radius 1 is 1.06 bits per heavy atom. The van der Waals surface area contributed by atoms with Crippen LogP contribution in [-0.2, 0) is 23.9 Å². The quantitative estimate of drug-likeness (QED) is 0.406. The molecule has 2 fully saturated rings. The molecule has 36 heavy (non-hydrogen) atoms. The summed E-state index contributed by atoms with van der Waals surface area (Å²) >= 11 is 0. The number of Topliss-reactive ketones (excluding diaryl/α,β-unsaturated/α-hetero) is 1. The number of piperidine rings is 1. The van der Waals surface area contributed by atoms with E-state index in [4.69, 9.17) is 4.74 Å². The summed E-state index contributed by atoms with van der Waals surface area (Å²) in [5.74, 6) is -3.67. The van der Waals surface area contributed by atoms with Gasteiger partial charge in [0.15, 0.2) is 0 Å². The zero-order valence-corrected chi connectivity index (χ0v) is 23.1. The molecule has 10 nitrogen and oxygen atoms in total. The van der Waals surface area contributed by atoms with Crippen LogP contribution in [0.15, 0.2) is 0 Å². The van der Waals surface area contributed by atoms with Crippen molar-refractivity contribution in [3.63, 3.8) is 0 Å². The Morgan fingerprint density at radius 3 is 2.11 bits per heavy atom. The average molecular weight is 510 g/mol. The van der Waals surface area contributed by atoms with Gasteiger partial charge in [-0.2, -0.15) is 0 Å². The highest BCUT2D eigenvalue weighted by Crippen LogP contribution is 2.65. The number of carboxylic acids is 1. The molecule has 2 rings (SSSR count). The number of carbonyl (C=O) groups excluding carboxylic acids is 4. The average Bonchev–Trinajstić information content (AvgIpc) is 3.07. The zero-order chi connectivity index (χ0) is 27.8. The van der Waals surface area contributed by atoms with Crippen molar-refractivity contribution < 1.29 is 33.8 Å². The van der Waals surface area contributed by atoms with Gasteiger partial charge in [-0.1, -0.05) is 54.4 Å². The predicted molar refractivity (Wildman–Crippen MR) is 133 cm³/mol. The smallest absolute Gasteiger partial charge is 0.408 e. The van der Waals surface area contributed by atoms with Gasteiger partial charge in [-0.25, -0.2) is 9.59 Å². The molecule has 0 aromatic rings. The van der Waals surface area contributed by atoms with E-state index in [0.717, 1.165) is 6.42 Å². The summed E-state index contributed by atoms with van der Waals surface area (Å²) < 4.78 is 5.36. The fraction of sp³-hybridized carbons (Fsp3) is 0.808. The topological polar surface area (TPSA) is 142 Å². The first-order valence-electron chi connectivity index (χ1n) is 12.7. The summed E-state index contributed by atoms with van der Waals surface area (Å²) in [6, 6.07) is -2.99. The van der Waals surface area contributed by atoms with Crippen LogP contribution in [0.1, 0.15) is 81.6 Å². The number of unbranched alkanes of at least 4 members (excludes halogenated alkanes) is 1. The van der Waals surface area contributed by atoms with Crippen LogP contribution in [0.4, 0.5) is 4.79 Å². The summed E-state index contributed by atoms with van der Waals surface area (Å²) in [6.07, 6.45) is 0.777. The number of likely N-dealkylation sites (tertiary alicyclic amines) is 1. The second-order valence-electron chi connectivity index (χ2n) is 12.7. The first-order chi connectivity index (χ1) is 16.3. The highest BCUT2D eigenvalue weighted by molar-refractivity contribution is 6.35. The summed E-state index contributed by atoms with van der Waals surface area (Å²) in [5.41, 5.74) is -1.61. The van der Waals surface area contributed by atoms with Gasteiger partial charge in [-0.05, 0) is 49.9 Å². The van der Waals surface area contributed by atoms with E-state index in [-0.39, 0.29) is 23.7 Å². The summed E-state index contributed by atoms with van der Waals surface area (Å²) in [7, 11) is 0. The molecule has 1 aliphatic heterocycles. The number of rotatable bonds is 9. The van der Waals surface area contributed by atoms with Crippen LogP contribution in [-0.4, -0.2) is 69.9 Å². The Kier molecular flexibility index (Phi) is 8.53. The molecule has 3 N–H and O–H groups in total. The third-order valence-corrected chi connectivity index (χ3v) is 7.22. The van der Waals surface area contributed by atoms with Crippen LogP contribution in [0, 0.1) is 22.7 Å². The Morgan fingerprint density at radius 2 is 1.64 bits per heavy atom. The summed E-state index contributed by atoms with van der Waals surface area (Å²) in [6.45, 7) is 16.9. The predicted octanol–water partition coefficient (Wildman–Crippen LogP) is 2.74. The SMILES string of the molecule is CCCCC(NC(=O)C1C2C(CN1C(=O)C(NC(=O)OC(C)(C)C)C(C)(C)C)C2(C)C)C(=O)C(=O)O. The molecule has 204 valence electrons. The fourth-order valence-corrected chi connectivity index (χ4v) is 5.14. The van der Waals surface area contributed by atoms with Gasteiger partial charge in [0.05, 0.1) is 6.04 Å². The minimum Gasteiger partial charge on any atom is -0.475 e. The van der Waals surface area contributed by atoms with Crippen LogP contribution < -0.4 is 10.6 Å². The molecular weight excluding hydrogens is 466 g/mol. The van der Waals surface area contributed by atoms with Crippen molar-refractivity contribution >= 4 is 29.7 Å². The minimum absolute atomic E-state index is 0.0867. The van der Waals surface area contributed by atoms with Crippen LogP contribution in [0.5, 0.6) is 0 Å². The minimum atomic E-state index is -1.60. The lowest BCUT2D eigenvalue weighted by atomic mass is 9.85. The zero-order valence-electron chi connectivity index (χ0n) is 23.1. The Balaban J connectivity index is 2.31. The van der Waals surface area contributed by atoms with E-state index in [1.165, 1.54) is 4.90 Å².